The molecule has 0 aliphatic rings. The molecule has 0 bridgehead atoms. The van der Waals surface area contributed by atoms with Crippen LogP contribution in [0.1, 0.15) is 10.4 Å². The fraction of sp³-hybridized carbons (Fsp3) is 0.125. The fourth-order valence-corrected chi connectivity index (χ4v) is 1.90. The molecule has 4 nitrogen and oxygen atoms in total. The van der Waals surface area contributed by atoms with E-state index in [0.717, 1.165) is 0 Å². The van der Waals surface area contributed by atoms with Gasteiger partial charge in [0.2, 0.25) is 0 Å². The Morgan fingerprint density at radius 3 is 2.64 bits per heavy atom. The molecule has 0 saturated carbocycles. The Morgan fingerprint density at radius 1 is 1.64 bits per heavy atom. The number of carbonyl (C=O) groups is 1. The van der Waals surface area contributed by atoms with Crippen LogP contribution in [-0.2, 0) is 0 Å². The zero-order chi connectivity index (χ0) is 10.9. The lowest BCUT2D eigenvalue weighted by Gasteiger charge is -2.08. The highest BCUT2D eigenvalue weighted by molar-refractivity contribution is 9.10. The van der Waals surface area contributed by atoms with E-state index < -0.39 is 5.97 Å². The van der Waals surface area contributed by atoms with Gasteiger partial charge in [0, 0.05) is 4.47 Å². The quantitative estimate of drug-likeness (QED) is 0.874. The fourth-order valence-electron chi connectivity index (χ4n) is 0.939. The molecule has 76 valence electrons. The molecular weight excluding hydrogens is 275 g/mol. The Balaban J connectivity index is 3.49. The van der Waals surface area contributed by atoms with Gasteiger partial charge in [0.15, 0.2) is 11.5 Å². The molecule has 0 unspecified atom stereocenters. The van der Waals surface area contributed by atoms with E-state index in [4.69, 9.17) is 21.4 Å². The van der Waals surface area contributed by atoms with Crippen LogP contribution in [0.2, 0.25) is 5.02 Å². The van der Waals surface area contributed by atoms with Crippen molar-refractivity contribution in [3.63, 3.8) is 0 Å². The van der Waals surface area contributed by atoms with E-state index in [-0.39, 0.29) is 26.6 Å². The standard InChI is InChI=1S/C8H6BrClO4/c1-14-4-2-3(9)5(8(12)13)6(10)7(4)11/h2,11H,1H3,(H,12,13). The Morgan fingerprint density at radius 2 is 2.21 bits per heavy atom. The first kappa shape index (κ1) is 11.1. The number of methoxy groups -OCH3 is 1. The third-order valence-electron chi connectivity index (χ3n) is 1.59. The number of phenolic OH excluding ortho intramolecular Hbond substituents is 1. The second kappa shape index (κ2) is 4.06. The van der Waals surface area contributed by atoms with Gasteiger partial charge in [-0.2, -0.15) is 0 Å². The Bertz CT molecular complexity index is 391. The minimum Gasteiger partial charge on any atom is -0.503 e. The van der Waals surface area contributed by atoms with E-state index in [1.807, 2.05) is 0 Å². The van der Waals surface area contributed by atoms with Crippen LogP contribution in [0.25, 0.3) is 0 Å². The Labute approximate surface area is 93.2 Å². The lowest BCUT2D eigenvalue weighted by Crippen LogP contribution is -2.00. The van der Waals surface area contributed by atoms with Gasteiger partial charge in [0.25, 0.3) is 0 Å². The number of benzene rings is 1. The van der Waals surface area contributed by atoms with Gasteiger partial charge in [-0.15, -0.1) is 0 Å². The summed E-state index contributed by atoms with van der Waals surface area (Å²) in [5.74, 6) is -1.48. The molecule has 0 aromatic heterocycles. The number of aromatic carboxylic acids is 1. The number of rotatable bonds is 2. The summed E-state index contributed by atoms with van der Waals surface area (Å²) < 4.78 is 5.04. The maximum absolute atomic E-state index is 10.7. The molecule has 0 fully saturated rings. The van der Waals surface area contributed by atoms with Gasteiger partial charge in [-0.3, -0.25) is 0 Å². The van der Waals surface area contributed by atoms with E-state index in [9.17, 15) is 9.90 Å². The smallest absolute Gasteiger partial charge is 0.338 e. The van der Waals surface area contributed by atoms with Crippen LogP contribution in [0.3, 0.4) is 0 Å². The average molecular weight is 281 g/mol. The van der Waals surface area contributed by atoms with Crippen molar-refractivity contribution in [2.45, 2.75) is 0 Å². The van der Waals surface area contributed by atoms with Crippen LogP contribution in [0.5, 0.6) is 11.5 Å². The molecule has 1 rings (SSSR count). The number of ether oxygens (including phenoxy) is 1. The van der Waals surface area contributed by atoms with E-state index in [2.05, 4.69) is 15.9 Å². The molecule has 0 saturated heterocycles. The van der Waals surface area contributed by atoms with Gasteiger partial charge in [0.1, 0.15) is 5.02 Å². The summed E-state index contributed by atoms with van der Waals surface area (Å²) in [4.78, 5) is 10.7. The number of halogens is 2. The molecule has 0 amide bonds. The monoisotopic (exact) mass is 280 g/mol. The molecule has 1 aromatic rings. The van der Waals surface area contributed by atoms with Crippen molar-refractivity contribution < 1.29 is 19.7 Å². The lowest BCUT2D eigenvalue weighted by molar-refractivity contribution is 0.0695. The van der Waals surface area contributed by atoms with E-state index in [1.54, 1.807) is 0 Å². The van der Waals surface area contributed by atoms with Crippen molar-refractivity contribution in [3.8, 4) is 11.5 Å². The highest BCUT2D eigenvalue weighted by atomic mass is 79.9. The maximum Gasteiger partial charge on any atom is 0.338 e. The maximum atomic E-state index is 10.7. The van der Waals surface area contributed by atoms with Crippen molar-refractivity contribution in [3.05, 3.63) is 21.1 Å². The summed E-state index contributed by atoms with van der Waals surface area (Å²) in [5.41, 5.74) is -0.190. The van der Waals surface area contributed by atoms with Gasteiger partial charge in [-0.25, -0.2) is 4.79 Å². The first-order valence-electron chi connectivity index (χ1n) is 3.47. The summed E-state index contributed by atoms with van der Waals surface area (Å²) in [6, 6.07) is 1.34. The highest BCUT2D eigenvalue weighted by Crippen LogP contribution is 2.40. The van der Waals surface area contributed by atoms with E-state index in [1.165, 1.54) is 13.2 Å². The molecule has 0 heterocycles. The molecular formula is C8H6BrClO4. The molecule has 0 aliphatic carbocycles. The molecule has 0 aliphatic heterocycles. The van der Waals surface area contributed by atoms with Crippen molar-refractivity contribution in [1.82, 2.24) is 0 Å². The van der Waals surface area contributed by atoms with Crippen LogP contribution in [0.4, 0.5) is 0 Å². The molecule has 6 heteroatoms. The average Bonchev–Trinajstić information content (AvgIpc) is 2.10. The van der Waals surface area contributed by atoms with Crippen molar-refractivity contribution in [1.29, 1.82) is 0 Å². The first-order valence-corrected chi connectivity index (χ1v) is 4.64. The second-order valence-corrected chi connectivity index (χ2v) is 3.64. The molecule has 0 radical (unpaired) electrons. The lowest BCUT2D eigenvalue weighted by atomic mass is 10.2. The summed E-state index contributed by atoms with van der Waals surface area (Å²) >= 11 is 8.65. The summed E-state index contributed by atoms with van der Waals surface area (Å²) in [5, 5.41) is 17.9. The number of phenols is 1. The van der Waals surface area contributed by atoms with E-state index in [0.29, 0.717) is 0 Å². The number of aromatic hydroxyl groups is 1. The zero-order valence-electron chi connectivity index (χ0n) is 7.04. The second-order valence-electron chi connectivity index (χ2n) is 2.40. The molecule has 0 spiro atoms. The summed E-state index contributed by atoms with van der Waals surface area (Å²) in [7, 11) is 1.35. The summed E-state index contributed by atoms with van der Waals surface area (Å²) in [6.45, 7) is 0. The number of hydrogen-bond acceptors (Lipinski definition) is 3. The Kier molecular flexibility index (Phi) is 3.23. The number of carboxylic acid groups (broad SMARTS) is 1. The highest BCUT2D eigenvalue weighted by Gasteiger charge is 2.20. The minimum atomic E-state index is -1.22. The normalized spacial score (nSPS) is 9.93. The molecule has 2 N–H and O–H groups in total. The van der Waals surface area contributed by atoms with Crippen LogP contribution in [-0.4, -0.2) is 23.3 Å². The first-order chi connectivity index (χ1) is 6.49. The topological polar surface area (TPSA) is 66.8 Å². The van der Waals surface area contributed by atoms with E-state index >= 15 is 0 Å². The van der Waals surface area contributed by atoms with Crippen molar-refractivity contribution in [2.75, 3.05) is 7.11 Å². The van der Waals surface area contributed by atoms with Crippen molar-refractivity contribution >= 4 is 33.5 Å². The predicted octanol–water partition coefficient (Wildman–Crippen LogP) is 2.51. The third kappa shape index (κ3) is 1.78. The van der Waals surface area contributed by atoms with Crippen molar-refractivity contribution in [2.24, 2.45) is 0 Å². The van der Waals surface area contributed by atoms with Gasteiger partial charge >= 0.3 is 5.97 Å². The number of carboxylic acids is 1. The minimum absolute atomic E-state index is 0.117. The van der Waals surface area contributed by atoms with Crippen LogP contribution < -0.4 is 4.74 Å². The van der Waals surface area contributed by atoms with Gasteiger partial charge in [-0.1, -0.05) is 11.6 Å². The predicted molar refractivity (Wildman–Crippen MR) is 54.3 cm³/mol. The van der Waals surface area contributed by atoms with Crippen LogP contribution >= 0.6 is 27.5 Å². The van der Waals surface area contributed by atoms with Crippen LogP contribution in [0.15, 0.2) is 10.5 Å². The Hall–Kier alpha value is -0.940. The third-order valence-corrected chi connectivity index (χ3v) is 2.58. The SMILES string of the molecule is COc1cc(Br)c(C(=O)O)c(Cl)c1O. The molecule has 14 heavy (non-hydrogen) atoms. The number of hydrogen-bond donors (Lipinski definition) is 2. The van der Waals surface area contributed by atoms with Crippen LogP contribution in [0, 0.1) is 0 Å². The molecule has 0 atom stereocenters. The zero-order valence-corrected chi connectivity index (χ0v) is 9.39. The largest absolute Gasteiger partial charge is 0.503 e. The van der Waals surface area contributed by atoms with Gasteiger partial charge in [-0.05, 0) is 22.0 Å². The molecule has 1 aromatic carbocycles. The van der Waals surface area contributed by atoms with Gasteiger partial charge < -0.3 is 14.9 Å². The summed E-state index contributed by atoms with van der Waals surface area (Å²) in [6.07, 6.45) is 0. The van der Waals surface area contributed by atoms with Gasteiger partial charge in [0.05, 0.1) is 12.7 Å².